The van der Waals surface area contributed by atoms with Crippen LogP contribution in [0.15, 0.2) is 78.9 Å². The quantitative estimate of drug-likeness (QED) is 0.407. The van der Waals surface area contributed by atoms with E-state index in [-0.39, 0.29) is 12.5 Å². The van der Waals surface area contributed by atoms with Crippen LogP contribution in [0.2, 0.25) is 0 Å². The minimum absolute atomic E-state index is 0.0575. The van der Waals surface area contributed by atoms with Crippen molar-refractivity contribution in [3.8, 4) is 11.4 Å². The molecule has 0 bridgehead atoms. The third-order valence-corrected chi connectivity index (χ3v) is 5.33. The van der Waals surface area contributed by atoms with Crippen molar-refractivity contribution in [1.82, 2.24) is 14.8 Å². The van der Waals surface area contributed by atoms with E-state index in [4.69, 9.17) is 12.2 Å². The molecular weight excluding hydrogens is 406 g/mol. The minimum atomic E-state index is -0.180. The standard InChI is InChI=1S/C24H23N5OS/c1-17-9-8-10-18(15-17)23-26-27-24(31)29(23)16-22(30)25-20-13-6-7-14-21(20)28(2)19-11-4-3-5-12-19/h3-15H,16H2,1-2H3,(H,25,30)(H,27,31). The van der Waals surface area contributed by atoms with Gasteiger partial charge in [-0.1, -0.05) is 54.1 Å². The molecule has 0 aliphatic rings. The van der Waals surface area contributed by atoms with Crippen molar-refractivity contribution in [2.75, 3.05) is 17.3 Å². The van der Waals surface area contributed by atoms with Gasteiger partial charge in [0, 0.05) is 18.3 Å². The monoisotopic (exact) mass is 429 g/mol. The molecule has 0 spiro atoms. The Hall–Kier alpha value is -3.71. The molecule has 4 rings (SSSR count). The maximum absolute atomic E-state index is 13.0. The van der Waals surface area contributed by atoms with Crippen LogP contribution in [0.4, 0.5) is 17.1 Å². The molecule has 0 saturated carbocycles. The number of nitrogens with zero attached hydrogens (tertiary/aromatic N) is 3. The maximum atomic E-state index is 13.0. The van der Waals surface area contributed by atoms with E-state index in [0.29, 0.717) is 10.6 Å². The van der Waals surface area contributed by atoms with Crippen LogP contribution in [-0.4, -0.2) is 27.7 Å². The number of H-pyrrole nitrogens is 1. The second-order valence-electron chi connectivity index (χ2n) is 7.27. The van der Waals surface area contributed by atoms with Gasteiger partial charge in [0.15, 0.2) is 10.6 Å². The largest absolute Gasteiger partial charge is 0.343 e. The lowest BCUT2D eigenvalue weighted by molar-refractivity contribution is -0.116. The van der Waals surface area contributed by atoms with Crippen LogP contribution in [0.1, 0.15) is 5.56 Å². The molecule has 3 aromatic carbocycles. The lowest BCUT2D eigenvalue weighted by Crippen LogP contribution is -2.21. The Bertz CT molecular complexity index is 1260. The van der Waals surface area contributed by atoms with E-state index in [2.05, 4.69) is 15.5 Å². The summed E-state index contributed by atoms with van der Waals surface area (Å²) in [6, 6.07) is 25.7. The van der Waals surface area contributed by atoms with E-state index in [1.165, 1.54) is 0 Å². The number of hydrogen-bond donors (Lipinski definition) is 2. The zero-order valence-corrected chi connectivity index (χ0v) is 18.2. The maximum Gasteiger partial charge on any atom is 0.244 e. The van der Waals surface area contributed by atoms with Crippen molar-refractivity contribution in [3.63, 3.8) is 0 Å². The Balaban J connectivity index is 1.58. The molecule has 4 aromatic rings. The van der Waals surface area contributed by atoms with Gasteiger partial charge in [0.2, 0.25) is 5.91 Å². The van der Waals surface area contributed by atoms with Crippen molar-refractivity contribution in [2.45, 2.75) is 13.5 Å². The number of amides is 1. The van der Waals surface area contributed by atoms with Gasteiger partial charge in [-0.3, -0.25) is 14.5 Å². The van der Waals surface area contributed by atoms with Crippen LogP contribution < -0.4 is 10.2 Å². The van der Waals surface area contributed by atoms with E-state index in [1.807, 2.05) is 97.7 Å². The van der Waals surface area contributed by atoms with E-state index in [1.54, 1.807) is 4.57 Å². The zero-order chi connectivity index (χ0) is 21.8. The highest BCUT2D eigenvalue weighted by Crippen LogP contribution is 2.30. The molecule has 0 radical (unpaired) electrons. The molecule has 0 aliphatic heterocycles. The molecular formula is C24H23N5OS. The van der Waals surface area contributed by atoms with Gasteiger partial charge in [0.1, 0.15) is 6.54 Å². The molecule has 0 unspecified atom stereocenters. The van der Waals surface area contributed by atoms with Gasteiger partial charge in [-0.2, -0.15) is 5.10 Å². The molecule has 0 saturated heterocycles. The molecule has 1 amide bonds. The predicted molar refractivity (Wildman–Crippen MR) is 127 cm³/mol. The highest BCUT2D eigenvalue weighted by Gasteiger charge is 2.15. The highest BCUT2D eigenvalue weighted by atomic mass is 32.1. The van der Waals surface area contributed by atoms with E-state index in [0.717, 1.165) is 28.2 Å². The van der Waals surface area contributed by atoms with Gasteiger partial charge in [0.05, 0.1) is 11.4 Å². The smallest absolute Gasteiger partial charge is 0.244 e. The second kappa shape index (κ2) is 8.97. The Morgan fingerprint density at radius 1 is 1.06 bits per heavy atom. The number of nitrogens with one attached hydrogen (secondary N) is 2. The van der Waals surface area contributed by atoms with E-state index < -0.39 is 0 Å². The zero-order valence-electron chi connectivity index (χ0n) is 17.4. The molecule has 7 heteroatoms. The molecule has 1 aromatic heterocycles. The van der Waals surface area contributed by atoms with Gasteiger partial charge < -0.3 is 10.2 Å². The number of aromatic nitrogens is 3. The number of hydrogen-bond acceptors (Lipinski definition) is 4. The average molecular weight is 430 g/mol. The van der Waals surface area contributed by atoms with Gasteiger partial charge in [-0.05, 0) is 49.5 Å². The van der Waals surface area contributed by atoms with Crippen LogP contribution >= 0.6 is 12.2 Å². The molecule has 0 atom stereocenters. The number of aryl methyl sites for hydroxylation is 1. The first kappa shape index (κ1) is 20.6. The number of aromatic amines is 1. The first-order chi connectivity index (χ1) is 15.0. The first-order valence-electron chi connectivity index (χ1n) is 9.93. The Kier molecular flexibility index (Phi) is 5.95. The van der Waals surface area contributed by atoms with Crippen LogP contribution in [0, 0.1) is 11.7 Å². The van der Waals surface area contributed by atoms with E-state index in [9.17, 15) is 4.79 Å². The summed E-state index contributed by atoms with van der Waals surface area (Å²) in [4.78, 5) is 15.0. The van der Waals surface area contributed by atoms with Gasteiger partial charge >= 0.3 is 0 Å². The van der Waals surface area contributed by atoms with Gasteiger partial charge in [-0.15, -0.1) is 0 Å². The third kappa shape index (κ3) is 4.57. The molecule has 1 heterocycles. The average Bonchev–Trinajstić information content (AvgIpc) is 3.14. The molecule has 156 valence electrons. The molecule has 31 heavy (non-hydrogen) atoms. The number of carbonyl (C=O) groups is 1. The summed E-state index contributed by atoms with van der Waals surface area (Å²) in [7, 11) is 1.97. The van der Waals surface area contributed by atoms with Crippen LogP contribution in [0.5, 0.6) is 0 Å². The number of anilines is 3. The number of para-hydroxylation sites is 3. The van der Waals surface area contributed by atoms with Gasteiger partial charge in [-0.25, -0.2) is 0 Å². The number of rotatable bonds is 6. The first-order valence-corrected chi connectivity index (χ1v) is 10.3. The summed E-state index contributed by atoms with van der Waals surface area (Å²) in [6.45, 7) is 2.07. The topological polar surface area (TPSA) is 66.0 Å². The van der Waals surface area contributed by atoms with Crippen molar-refractivity contribution < 1.29 is 4.79 Å². The number of carbonyl (C=O) groups excluding carboxylic acids is 1. The summed E-state index contributed by atoms with van der Waals surface area (Å²) >= 11 is 5.38. The van der Waals surface area contributed by atoms with Crippen molar-refractivity contribution >= 4 is 35.2 Å². The minimum Gasteiger partial charge on any atom is -0.343 e. The fraction of sp³-hybridized carbons (Fsp3) is 0.125. The summed E-state index contributed by atoms with van der Waals surface area (Å²) in [6.07, 6.45) is 0. The molecule has 2 N–H and O–H groups in total. The third-order valence-electron chi connectivity index (χ3n) is 5.02. The van der Waals surface area contributed by atoms with E-state index >= 15 is 0 Å². The summed E-state index contributed by atoms with van der Waals surface area (Å²) < 4.78 is 2.12. The predicted octanol–water partition coefficient (Wildman–Crippen LogP) is 5.32. The number of benzene rings is 3. The van der Waals surface area contributed by atoms with Crippen molar-refractivity contribution in [2.24, 2.45) is 0 Å². The highest BCUT2D eigenvalue weighted by molar-refractivity contribution is 7.71. The summed E-state index contributed by atoms with van der Waals surface area (Å²) in [5.74, 6) is 0.457. The summed E-state index contributed by atoms with van der Waals surface area (Å²) in [5.41, 5.74) is 4.68. The SMILES string of the molecule is Cc1cccc(-c2n[nH]c(=S)n2CC(=O)Nc2ccccc2N(C)c2ccccc2)c1. The molecule has 0 aliphatic carbocycles. The van der Waals surface area contributed by atoms with Gasteiger partial charge in [0.25, 0.3) is 0 Å². The molecule has 0 fully saturated rings. The Morgan fingerprint density at radius 2 is 1.81 bits per heavy atom. The van der Waals surface area contributed by atoms with Crippen LogP contribution in [0.25, 0.3) is 11.4 Å². The second-order valence-corrected chi connectivity index (χ2v) is 7.65. The fourth-order valence-corrected chi connectivity index (χ4v) is 3.66. The Labute approximate surface area is 186 Å². The fourth-order valence-electron chi connectivity index (χ4n) is 3.46. The summed E-state index contributed by atoms with van der Waals surface area (Å²) in [5, 5.41) is 10.2. The Morgan fingerprint density at radius 3 is 2.58 bits per heavy atom. The normalized spacial score (nSPS) is 10.6. The van der Waals surface area contributed by atoms with Crippen LogP contribution in [0.3, 0.4) is 0 Å². The molecule has 6 nitrogen and oxygen atoms in total. The van der Waals surface area contributed by atoms with Crippen LogP contribution in [-0.2, 0) is 11.3 Å². The lowest BCUT2D eigenvalue weighted by atomic mass is 10.1. The van der Waals surface area contributed by atoms with Crippen molar-refractivity contribution in [3.05, 3.63) is 89.2 Å². The van der Waals surface area contributed by atoms with Crippen molar-refractivity contribution in [1.29, 1.82) is 0 Å². The lowest BCUT2D eigenvalue weighted by Gasteiger charge is -2.23.